The van der Waals surface area contributed by atoms with E-state index in [-0.39, 0.29) is 0 Å². The number of aromatic nitrogens is 3. The van der Waals surface area contributed by atoms with Gasteiger partial charge in [-0.15, -0.1) is 11.6 Å². The molecule has 0 fully saturated rings. The van der Waals surface area contributed by atoms with Gasteiger partial charge in [-0.2, -0.15) is 5.10 Å². The van der Waals surface area contributed by atoms with Gasteiger partial charge in [0.25, 0.3) is 0 Å². The highest BCUT2D eigenvalue weighted by atomic mass is 35.5. The summed E-state index contributed by atoms with van der Waals surface area (Å²) in [7, 11) is 0. The lowest BCUT2D eigenvalue weighted by molar-refractivity contribution is 0.552. The zero-order chi connectivity index (χ0) is 8.97. The number of rotatable bonds is 4. The Hall–Kier alpha value is -0.570. The minimum absolute atomic E-state index is 0.449. The maximum absolute atomic E-state index is 5.70. The van der Waals surface area contributed by atoms with Crippen LogP contribution in [0.2, 0.25) is 0 Å². The van der Waals surface area contributed by atoms with Crippen LogP contribution in [0.4, 0.5) is 0 Å². The van der Waals surface area contributed by atoms with Crippen molar-refractivity contribution in [1.29, 1.82) is 0 Å². The van der Waals surface area contributed by atoms with Crippen molar-refractivity contribution in [1.82, 2.24) is 14.8 Å². The molecule has 3 nitrogen and oxygen atoms in total. The van der Waals surface area contributed by atoms with E-state index in [1.54, 1.807) is 0 Å². The van der Waals surface area contributed by atoms with Crippen molar-refractivity contribution in [3.05, 3.63) is 11.6 Å². The molecule has 1 aromatic heterocycles. The highest BCUT2D eigenvalue weighted by Gasteiger charge is 2.04. The van der Waals surface area contributed by atoms with Gasteiger partial charge in [-0.1, -0.05) is 13.3 Å². The van der Waals surface area contributed by atoms with Gasteiger partial charge >= 0.3 is 0 Å². The van der Waals surface area contributed by atoms with Crippen molar-refractivity contribution in [3.8, 4) is 0 Å². The van der Waals surface area contributed by atoms with Crippen LogP contribution in [0, 0.1) is 6.92 Å². The smallest absolute Gasteiger partial charge is 0.147 e. The SMILES string of the molecule is CCCCn1nc(C)nc1CCl. The summed E-state index contributed by atoms with van der Waals surface area (Å²) >= 11 is 5.70. The lowest BCUT2D eigenvalue weighted by Crippen LogP contribution is -2.04. The molecule has 0 unspecified atom stereocenters. The van der Waals surface area contributed by atoms with Gasteiger partial charge < -0.3 is 0 Å². The fraction of sp³-hybridized carbons (Fsp3) is 0.750. The van der Waals surface area contributed by atoms with Crippen molar-refractivity contribution in [2.75, 3.05) is 0 Å². The molecule has 0 saturated heterocycles. The van der Waals surface area contributed by atoms with Gasteiger partial charge in [0.2, 0.25) is 0 Å². The van der Waals surface area contributed by atoms with E-state index in [1.165, 1.54) is 6.42 Å². The number of hydrogen-bond donors (Lipinski definition) is 0. The molecule has 12 heavy (non-hydrogen) atoms. The Morgan fingerprint density at radius 3 is 2.83 bits per heavy atom. The number of nitrogens with zero attached hydrogens (tertiary/aromatic N) is 3. The third kappa shape index (κ3) is 2.21. The van der Waals surface area contributed by atoms with Gasteiger partial charge in [-0.05, 0) is 13.3 Å². The quantitative estimate of drug-likeness (QED) is 0.677. The average molecular weight is 188 g/mol. The van der Waals surface area contributed by atoms with Gasteiger partial charge in [0.05, 0.1) is 5.88 Å². The molecule has 0 aliphatic carbocycles. The molecule has 1 rings (SSSR count). The molecule has 0 spiro atoms. The molecule has 1 heterocycles. The first-order valence-electron chi connectivity index (χ1n) is 4.24. The summed E-state index contributed by atoms with van der Waals surface area (Å²) in [5, 5.41) is 4.24. The zero-order valence-electron chi connectivity index (χ0n) is 7.55. The highest BCUT2D eigenvalue weighted by molar-refractivity contribution is 6.16. The van der Waals surface area contributed by atoms with Crippen LogP contribution in [-0.4, -0.2) is 14.8 Å². The molecule has 0 aliphatic rings. The van der Waals surface area contributed by atoms with E-state index in [9.17, 15) is 0 Å². The topological polar surface area (TPSA) is 30.7 Å². The third-order valence-electron chi connectivity index (χ3n) is 1.70. The summed E-state index contributed by atoms with van der Waals surface area (Å²) in [5.41, 5.74) is 0. The van der Waals surface area contributed by atoms with Crippen molar-refractivity contribution >= 4 is 11.6 Å². The first-order chi connectivity index (χ1) is 5.77. The molecule has 4 heteroatoms. The van der Waals surface area contributed by atoms with E-state index < -0.39 is 0 Å². The molecular weight excluding hydrogens is 174 g/mol. The maximum atomic E-state index is 5.70. The summed E-state index contributed by atoms with van der Waals surface area (Å²) in [5.74, 6) is 2.13. The Labute approximate surface area is 77.8 Å². The Morgan fingerprint density at radius 1 is 1.50 bits per heavy atom. The average Bonchev–Trinajstić information content (AvgIpc) is 2.42. The van der Waals surface area contributed by atoms with Crippen LogP contribution in [0.15, 0.2) is 0 Å². The van der Waals surface area contributed by atoms with E-state index in [4.69, 9.17) is 11.6 Å². The standard InChI is InChI=1S/C8H14ClN3/c1-3-4-5-12-8(6-9)10-7(2)11-12/h3-6H2,1-2H3. The molecular formula is C8H14ClN3. The second kappa shape index (κ2) is 4.45. The van der Waals surface area contributed by atoms with Crippen molar-refractivity contribution < 1.29 is 0 Å². The number of hydrogen-bond acceptors (Lipinski definition) is 2. The van der Waals surface area contributed by atoms with E-state index in [0.717, 1.165) is 24.6 Å². The van der Waals surface area contributed by atoms with E-state index >= 15 is 0 Å². The van der Waals surface area contributed by atoms with Crippen LogP contribution >= 0.6 is 11.6 Å². The molecule has 68 valence electrons. The highest BCUT2D eigenvalue weighted by Crippen LogP contribution is 2.03. The third-order valence-corrected chi connectivity index (χ3v) is 1.94. The van der Waals surface area contributed by atoms with Gasteiger partial charge in [0.15, 0.2) is 0 Å². The van der Waals surface area contributed by atoms with Gasteiger partial charge in [0.1, 0.15) is 11.6 Å². The Bertz CT molecular complexity index is 244. The summed E-state index contributed by atoms with van der Waals surface area (Å²) in [4.78, 5) is 4.20. The fourth-order valence-corrected chi connectivity index (χ4v) is 1.28. The van der Waals surface area contributed by atoms with E-state index in [1.807, 2.05) is 11.6 Å². The molecule has 0 radical (unpaired) electrons. The lowest BCUT2D eigenvalue weighted by Gasteiger charge is -2.00. The number of unbranched alkanes of at least 4 members (excludes halogenated alkanes) is 1. The van der Waals surface area contributed by atoms with Crippen LogP contribution < -0.4 is 0 Å². The van der Waals surface area contributed by atoms with E-state index in [2.05, 4.69) is 17.0 Å². The van der Waals surface area contributed by atoms with Crippen LogP contribution in [0.5, 0.6) is 0 Å². The monoisotopic (exact) mass is 187 g/mol. The summed E-state index contributed by atoms with van der Waals surface area (Å²) in [6.07, 6.45) is 2.30. The maximum Gasteiger partial charge on any atom is 0.147 e. The summed E-state index contributed by atoms with van der Waals surface area (Å²) in [6.45, 7) is 4.97. The van der Waals surface area contributed by atoms with Gasteiger partial charge in [0, 0.05) is 6.54 Å². The van der Waals surface area contributed by atoms with Gasteiger partial charge in [-0.25, -0.2) is 9.67 Å². The number of aryl methyl sites for hydroxylation is 2. The first kappa shape index (κ1) is 9.52. The second-order valence-corrected chi connectivity index (χ2v) is 3.05. The van der Waals surface area contributed by atoms with E-state index in [0.29, 0.717) is 5.88 Å². The predicted molar refractivity (Wildman–Crippen MR) is 49.2 cm³/mol. The first-order valence-corrected chi connectivity index (χ1v) is 4.77. The zero-order valence-corrected chi connectivity index (χ0v) is 8.30. The van der Waals surface area contributed by atoms with Crippen molar-refractivity contribution in [2.45, 2.75) is 39.1 Å². The lowest BCUT2D eigenvalue weighted by atomic mass is 10.3. The number of halogens is 1. The van der Waals surface area contributed by atoms with Crippen molar-refractivity contribution in [3.63, 3.8) is 0 Å². The summed E-state index contributed by atoms with van der Waals surface area (Å²) in [6, 6.07) is 0. The minimum Gasteiger partial charge on any atom is -0.249 e. The molecule has 0 N–H and O–H groups in total. The van der Waals surface area contributed by atoms with Crippen LogP contribution in [0.3, 0.4) is 0 Å². The Kier molecular flexibility index (Phi) is 3.53. The van der Waals surface area contributed by atoms with Crippen molar-refractivity contribution in [2.24, 2.45) is 0 Å². The number of alkyl halides is 1. The molecule has 0 saturated carbocycles. The molecule has 0 bridgehead atoms. The Balaban J connectivity index is 2.68. The molecule has 0 aromatic carbocycles. The molecule has 0 amide bonds. The van der Waals surface area contributed by atoms with Crippen LogP contribution in [-0.2, 0) is 12.4 Å². The molecule has 0 aliphatic heterocycles. The van der Waals surface area contributed by atoms with Gasteiger partial charge in [-0.3, -0.25) is 0 Å². The van der Waals surface area contributed by atoms with Crippen LogP contribution in [0.1, 0.15) is 31.4 Å². The largest absolute Gasteiger partial charge is 0.249 e. The second-order valence-electron chi connectivity index (χ2n) is 2.79. The minimum atomic E-state index is 0.449. The molecule has 1 aromatic rings. The summed E-state index contributed by atoms with van der Waals surface area (Å²) < 4.78 is 1.89. The Morgan fingerprint density at radius 2 is 2.25 bits per heavy atom. The fourth-order valence-electron chi connectivity index (χ4n) is 1.09. The van der Waals surface area contributed by atoms with Crippen LogP contribution in [0.25, 0.3) is 0 Å². The predicted octanol–water partition coefficient (Wildman–Crippen LogP) is 2.13. The molecule has 0 atom stereocenters. The normalized spacial score (nSPS) is 10.6.